The summed E-state index contributed by atoms with van der Waals surface area (Å²) in [4.78, 5) is 24.7. The Morgan fingerprint density at radius 2 is 1.88 bits per heavy atom. The molecule has 1 aliphatic carbocycles. The van der Waals surface area contributed by atoms with Crippen LogP contribution in [0, 0.1) is 0 Å². The van der Waals surface area contributed by atoms with E-state index in [-0.39, 0.29) is 23.2 Å². The van der Waals surface area contributed by atoms with E-state index in [1.807, 2.05) is 0 Å². The van der Waals surface area contributed by atoms with Gasteiger partial charge in [-0.15, -0.1) is 0 Å². The fourth-order valence-electron chi connectivity index (χ4n) is 2.51. The molecule has 0 N–H and O–H groups in total. The van der Waals surface area contributed by atoms with Gasteiger partial charge in [0.25, 0.3) is 5.56 Å². The third-order valence-corrected chi connectivity index (χ3v) is 5.86. The smallest absolute Gasteiger partial charge is 0.297 e. The predicted octanol–water partition coefficient (Wildman–Crippen LogP) is 0.643. The second-order valence-corrected chi connectivity index (χ2v) is 8.25. The maximum Gasteiger partial charge on any atom is 0.331 e. The molecule has 3 rings (SSSR count). The van der Waals surface area contributed by atoms with Crippen LogP contribution in [-0.2, 0) is 16.6 Å². The van der Waals surface area contributed by atoms with E-state index in [2.05, 4.69) is 0 Å². The van der Waals surface area contributed by atoms with Crippen LogP contribution in [0.5, 0.6) is 0 Å². The lowest BCUT2D eigenvalue weighted by Gasteiger charge is -2.13. The Bertz CT molecular complexity index is 985. The van der Waals surface area contributed by atoms with E-state index in [1.54, 1.807) is 16.7 Å². The molecule has 8 heteroatoms. The van der Waals surface area contributed by atoms with Crippen molar-refractivity contribution in [3.63, 3.8) is 0 Å². The van der Waals surface area contributed by atoms with Crippen LogP contribution < -0.4 is 11.2 Å². The second kappa shape index (κ2) is 6.03. The second-order valence-electron chi connectivity index (χ2n) is 6.10. The number of aromatic nitrogens is 2. The molecule has 0 radical (unpaired) electrons. The minimum absolute atomic E-state index is 0.0437. The average molecular weight is 349 g/mol. The van der Waals surface area contributed by atoms with Crippen molar-refractivity contribution in [1.29, 1.82) is 0 Å². The van der Waals surface area contributed by atoms with Crippen LogP contribution in [0.15, 0.2) is 51.0 Å². The third kappa shape index (κ3) is 3.07. The van der Waals surface area contributed by atoms with Gasteiger partial charge < -0.3 is 0 Å². The number of hydrogen-bond acceptors (Lipinski definition) is 4. The van der Waals surface area contributed by atoms with Crippen LogP contribution in [0.3, 0.4) is 0 Å². The van der Waals surface area contributed by atoms with Crippen LogP contribution in [0.25, 0.3) is 0 Å². The van der Waals surface area contributed by atoms with Crippen molar-refractivity contribution < 1.29 is 8.42 Å². The molecule has 0 atom stereocenters. The molecule has 0 unspecified atom stereocenters. The molecule has 2 aromatic rings. The molecule has 1 aromatic carbocycles. The fourth-order valence-corrected chi connectivity index (χ4v) is 3.48. The molecule has 128 valence electrons. The zero-order valence-corrected chi connectivity index (χ0v) is 14.4. The topological polar surface area (TPSA) is 81.4 Å². The van der Waals surface area contributed by atoms with Crippen molar-refractivity contribution in [2.75, 3.05) is 14.1 Å². The Morgan fingerprint density at radius 3 is 2.50 bits per heavy atom. The van der Waals surface area contributed by atoms with Crippen molar-refractivity contribution in [1.82, 2.24) is 13.4 Å². The Balaban J connectivity index is 2.00. The summed E-state index contributed by atoms with van der Waals surface area (Å²) < 4.78 is 28.3. The molecular weight excluding hydrogens is 330 g/mol. The average Bonchev–Trinajstić information content (AvgIpc) is 3.36. The molecule has 1 saturated carbocycles. The molecule has 1 fully saturated rings. The van der Waals surface area contributed by atoms with Gasteiger partial charge in [-0.3, -0.25) is 13.9 Å². The lowest BCUT2D eigenvalue weighted by atomic mass is 10.2. The zero-order valence-electron chi connectivity index (χ0n) is 13.5. The van der Waals surface area contributed by atoms with E-state index in [0.717, 1.165) is 21.7 Å². The van der Waals surface area contributed by atoms with Gasteiger partial charge in [-0.25, -0.2) is 17.5 Å². The summed E-state index contributed by atoms with van der Waals surface area (Å²) in [5.41, 5.74) is -0.158. The number of benzene rings is 1. The van der Waals surface area contributed by atoms with Gasteiger partial charge in [0, 0.05) is 32.4 Å². The third-order valence-electron chi connectivity index (χ3n) is 4.05. The number of hydrogen-bond donors (Lipinski definition) is 0. The summed E-state index contributed by atoms with van der Waals surface area (Å²) in [6.45, 7) is 0.0437. The maximum absolute atomic E-state index is 12.5. The van der Waals surface area contributed by atoms with E-state index < -0.39 is 15.6 Å². The van der Waals surface area contributed by atoms with Gasteiger partial charge in [-0.1, -0.05) is 12.1 Å². The predicted molar refractivity (Wildman–Crippen MR) is 89.6 cm³/mol. The summed E-state index contributed by atoms with van der Waals surface area (Å²) in [5.74, 6) is 0. The van der Waals surface area contributed by atoms with E-state index in [4.69, 9.17) is 0 Å². The fraction of sp³-hybridized carbons (Fsp3) is 0.375. The normalized spacial score (nSPS) is 15.0. The van der Waals surface area contributed by atoms with Gasteiger partial charge in [-0.05, 0) is 30.5 Å². The SMILES string of the molecule is CN(C)S(=O)(=O)c1cccc(Cn2c(=O)ccn(C3CC3)c2=O)c1. The van der Waals surface area contributed by atoms with Crippen LogP contribution in [0.1, 0.15) is 24.4 Å². The lowest BCUT2D eigenvalue weighted by Crippen LogP contribution is -2.39. The van der Waals surface area contributed by atoms with Crippen LogP contribution in [0.4, 0.5) is 0 Å². The zero-order chi connectivity index (χ0) is 17.5. The van der Waals surface area contributed by atoms with E-state index in [0.29, 0.717) is 5.56 Å². The van der Waals surface area contributed by atoms with Gasteiger partial charge in [0.2, 0.25) is 10.0 Å². The van der Waals surface area contributed by atoms with Crippen molar-refractivity contribution >= 4 is 10.0 Å². The van der Waals surface area contributed by atoms with Gasteiger partial charge >= 0.3 is 5.69 Å². The highest BCUT2D eigenvalue weighted by atomic mass is 32.2. The molecule has 1 heterocycles. The summed E-state index contributed by atoms with van der Waals surface area (Å²) in [7, 11) is -0.648. The van der Waals surface area contributed by atoms with Gasteiger partial charge in [0.1, 0.15) is 0 Å². The molecular formula is C16H19N3O4S. The van der Waals surface area contributed by atoms with Crippen molar-refractivity contribution in [3.8, 4) is 0 Å². The van der Waals surface area contributed by atoms with Gasteiger partial charge in [-0.2, -0.15) is 0 Å². The molecule has 0 spiro atoms. The first-order chi connectivity index (χ1) is 11.3. The van der Waals surface area contributed by atoms with Crippen LogP contribution >= 0.6 is 0 Å². The highest BCUT2D eigenvalue weighted by molar-refractivity contribution is 7.89. The van der Waals surface area contributed by atoms with Gasteiger partial charge in [0.05, 0.1) is 11.4 Å². The molecule has 24 heavy (non-hydrogen) atoms. The lowest BCUT2D eigenvalue weighted by molar-refractivity contribution is 0.520. The molecule has 1 aliphatic rings. The van der Waals surface area contributed by atoms with Crippen molar-refractivity contribution in [2.24, 2.45) is 0 Å². The summed E-state index contributed by atoms with van der Waals surface area (Å²) in [6, 6.07) is 7.85. The van der Waals surface area contributed by atoms with Crippen LogP contribution in [-0.4, -0.2) is 36.0 Å². The van der Waals surface area contributed by atoms with E-state index >= 15 is 0 Å². The first-order valence-corrected chi connectivity index (χ1v) is 9.08. The number of sulfonamides is 1. The minimum atomic E-state index is -3.56. The van der Waals surface area contributed by atoms with Crippen molar-refractivity contribution in [2.45, 2.75) is 30.3 Å². The highest BCUT2D eigenvalue weighted by Gasteiger charge is 2.25. The first-order valence-electron chi connectivity index (χ1n) is 7.64. The quantitative estimate of drug-likeness (QED) is 0.793. The summed E-state index contributed by atoms with van der Waals surface area (Å²) in [5, 5.41) is 0. The van der Waals surface area contributed by atoms with E-state index in [9.17, 15) is 18.0 Å². The highest BCUT2D eigenvalue weighted by Crippen LogP contribution is 2.32. The van der Waals surface area contributed by atoms with E-state index in [1.165, 1.54) is 38.5 Å². The molecule has 0 amide bonds. The number of nitrogens with zero attached hydrogens (tertiary/aromatic N) is 3. The summed E-state index contributed by atoms with van der Waals surface area (Å²) >= 11 is 0. The molecule has 1 aromatic heterocycles. The standard InChI is InChI=1S/C16H19N3O4S/c1-17(2)24(22,23)14-5-3-4-12(10-14)11-19-15(20)8-9-18(16(19)21)13-6-7-13/h3-5,8-10,13H,6-7,11H2,1-2H3. The van der Waals surface area contributed by atoms with Crippen LogP contribution in [0.2, 0.25) is 0 Å². The molecule has 7 nitrogen and oxygen atoms in total. The Kier molecular flexibility index (Phi) is 4.18. The summed E-state index contributed by atoms with van der Waals surface area (Å²) in [6.07, 6.45) is 3.41. The Hall–Kier alpha value is -2.19. The Morgan fingerprint density at radius 1 is 1.17 bits per heavy atom. The maximum atomic E-state index is 12.5. The monoisotopic (exact) mass is 349 g/mol. The molecule has 0 aliphatic heterocycles. The minimum Gasteiger partial charge on any atom is -0.297 e. The molecule has 0 bridgehead atoms. The van der Waals surface area contributed by atoms with Gasteiger partial charge in [0.15, 0.2) is 0 Å². The number of rotatable bonds is 5. The Labute approximate surface area is 139 Å². The van der Waals surface area contributed by atoms with Crippen molar-refractivity contribution in [3.05, 3.63) is 62.9 Å². The largest absolute Gasteiger partial charge is 0.331 e. The first kappa shape index (κ1) is 16.7. The molecule has 0 saturated heterocycles.